The van der Waals surface area contributed by atoms with E-state index in [0.29, 0.717) is 0 Å². The molecular formula is C19H30N4O. The molecule has 1 aromatic rings. The highest BCUT2D eigenvalue weighted by Gasteiger charge is 2.25. The van der Waals surface area contributed by atoms with Crippen molar-refractivity contribution in [3.8, 4) is 0 Å². The molecular weight excluding hydrogens is 300 g/mol. The van der Waals surface area contributed by atoms with Crippen LogP contribution in [-0.2, 0) is 11.3 Å². The second-order valence-electron chi connectivity index (χ2n) is 7.14. The molecule has 0 aliphatic carbocycles. The quantitative estimate of drug-likeness (QED) is 0.894. The summed E-state index contributed by atoms with van der Waals surface area (Å²) in [5.74, 6) is 0.105. The van der Waals surface area contributed by atoms with Gasteiger partial charge >= 0.3 is 0 Å². The van der Waals surface area contributed by atoms with E-state index in [1.807, 2.05) is 19.1 Å². The van der Waals surface area contributed by atoms with Crippen LogP contribution < -0.4 is 5.32 Å². The summed E-state index contributed by atoms with van der Waals surface area (Å²) < 4.78 is 0. The SMILES string of the molecule is CC(C(=O)Nc1ccccc1CN1CCCC1)N1CCN(C)CC1. The molecule has 5 nitrogen and oxygen atoms in total. The molecule has 1 amide bonds. The molecule has 1 atom stereocenters. The lowest BCUT2D eigenvalue weighted by Gasteiger charge is -2.35. The van der Waals surface area contributed by atoms with Gasteiger partial charge in [0.05, 0.1) is 6.04 Å². The van der Waals surface area contributed by atoms with E-state index in [9.17, 15) is 4.79 Å². The van der Waals surface area contributed by atoms with Crippen molar-refractivity contribution >= 4 is 11.6 Å². The van der Waals surface area contributed by atoms with Crippen LogP contribution in [0.25, 0.3) is 0 Å². The normalized spacial score (nSPS) is 21.8. The fourth-order valence-corrected chi connectivity index (χ4v) is 3.57. The van der Waals surface area contributed by atoms with Gasteiger partial charge in [0.25, 0.3) is 0 Å². The van der Waals surface area contributed by atoms with E-state index in [4.69, 9.17) is 0 Å². The molecule has 24 heavy (non-hydrogen) atoms. The summed E-state index contributed by atoms with van der Waals surface area (Å²) in [5.41, 5.74) is 2.19. The van der Waals surface area contributed by atoms with Crippen LogP contribution in [0.2, 0.25) is 0 Å². The van der Waals surface area contributed by atoms with Gasteiger partial charge in [0.2, 0.25) is 5.91 Å². The van der Waals surface area contributed by atoms with Crippen molar-refractivity contribution in [1.82, 2.24) is 14.7 Å². The maximum Gasteiger partial charge on any atom is 0.241 e. The summed E-state index contributed by atoms with van der Waals surface area (Å²) in [6, 6.07) is 8.14. The Balaban J connectivity index is 1.61. The third-order valence-electron chi connectivity index (χ3n) is 5.33. The van der Waals surface area contributed by atoms with Gasteiger partial charge in [0.15, 0.2) is 0 Å². The van der Waals surface area contributed by atoms with Crippen LogP contribution in [0.4, 0.5) is 5.69 Å². The minimum absolute atomic E-state index is 0.0847. The minimum Gasteiger partial charge on any atom is -0.324 e. The number of likely N-dealkylation sites (tertiary alicyclic amines) is 1. The van der Waals surface area contributed by atoms with Crippen LogP contribution in [0.15, 0.2) is 24.3 Å². The summed E-state index contributed by atoms with van der Waals surface area (Å²) in [5, 5.41) is 3.17. The van der Waals surface area contributed by atoms with Gasteiger partial charge in [-0.05, 0) is 51.5 Å². The van der Waals surface area contributed by atoms with Crippen molar-refractivity contribution in [3.05, 3.63) is 29.8 Å². The molecule has 2 aliphatic heterocycles. The number of hydrogen-bond donors (Lipinski definition) is 1. The number of anilines is 1. The number of carbonyl (C=O) groups is 1. The van der Waals surface area contributed by atoms with E-state index in [2.05, 4.69) is 39.2 Å². The first kappa shape index (κ1) is 17.4. The topological polar surface area (TPSA) is 38.8 Å². The van der Waals surface area contributed by atoms with Crippen LogP contribution in [-0.4, -0.2) is 73.0 Å². The number of nitrogens with one attached hydrogen (secondary N) is 1. The monoisotopic (exact) mass is 330 g/mol. The molecule has 5 heteroatoms. The molecule has 0 radical (unpaired) electrons. The molecule has 1 N–H and O–H groups in total. The van der Waals surface area contributed by atoms with E-state index in [0.717, 1.165) is 38.4 Å². The van der Waals surface area contributed by atoms with E-state index >= 15 is 0 Å². The Labute approximate surface area is 145 Å². The van der Waals surface area contributed by atoms with Crippen LogP contribution >= 0.6 is 0 Å². The molecule has 132 valence electrons. The van der Waals surface area contributed by atoms with Crippen molar-refractivity contribution < 1.29 is 4.79 Å². The first-order valence-electron chi connectivity index (χ1n) is 9.17. The standard InChI is InChI=1S/C19H30N4O/c1-16(23-13-11-21(2)12-14-23)19(24)20-18-8-4-3-7-17(18)15-22-9-5-6-10-22/h3-4,7-8,16H,5-6,9-15H2,1-2H3,(H,20,24). The third-order valence-corrected chi connectivity index (χ3v) is 5.33. The van der Waals surface area contributed by atoms with Crippen molar-refractivity contribution in [2.75, 3.05) is 51.6 Å². The first-order chi connectivity index (χ1) is 11.6. The Bertz CT molecular complexity index is 548. The van der Waals surface area contributed by atoms with Gasteiger partial charge in [-0.1, -0.05) is 18.2 Å². The van der Waals surface area contributed by atoms with E-state index < -0.39 is 0 Å². The zero-order valence-electron chi connectivity index (χ0n) is 15.0. The lowest BCUT2D eigenvalue weighted by molar-refractivity contribution is -0.121. The Morgan fingerprint density at radius 1 is 1.08 bits per heavy atom. The molecule has 2 fully saturated rings. The lowest BCUT2D eigenvalue weighted by Crippen LogP contribution is -2.51. The van der Waals surface area contributed by atoms with Gasteiger partial charge in [-0.15, -0.1) is 0 Å². The fourth-order valence-electron chi connectivity index (χ4n) is 3.57. The Kier molecular flexibility index (Phi) is 5.87. The number of rotatable bonds is 5. The van der Waals surface area contributed by atoms with Gasteiger partial charge in [-0.3, -0.25) is 14.6 Å². The predicted octanol–water partition coefficient (Wildman–Crippen LogP) is 1.86. The summed E-state index contributed by atoms with van der Waals surface area (Å²) in [4.78, 5) is 19.8. The van der Waals surface area contributed by atoms with Crippen molar-refractivity contribution in [2.24, 2.45) is 0 Å². The molecule has 2 heterocycles. The predicted molar refractivity (Wildman–Crippen MR) is 98.1 cm³/mol. The van der Waals surface area contributed by atoms with E-state index in [1.54, 1.807) is 0 Å². The van der Waals surface area contributed by atoms with Gasteiger partial charge < -0.3 is 10.2 Å². The summed E-state index contributed by atoms with van der Waals surface area (Å²) >= 11 is 0. The molecule has 1 aromatic carbocycles. The average molecular weight is 330 g/mol. The van der Waals surface area contributed by atoms with Crippen molar-refractivity contribution in [1.29, 1.82) is 0 Å². The Morgan fingerprint density at radius 2 is 1.75 bits per heavy atom. The molecule has 1 unspecified atom stereocenters. The molecule has 0 aromatic heterocycles. The number of carbonyl (C=O) groups excluding carboxylic acids is 1. The maximum absolute atomic E-state index is 12.7. The van der Waals surface area contributed by atoms with Crippen molar-refractivity contribution in [3.63, 3.8) is 0 Å². The second-order valence-corrected chi connectivity index (χ2v) is 7.14. The van der Waals surface area contributed by atoms with Crippen LogP contribution in [0, 0.1) is 0 Å². The van der Waals surface area contributed by atoms with E-state index in [-0.39, 0.29) is 11.9 Å². The highest BCUT2D eigenvalue weighted by Crippen LogP contribution is 2.20. The number of piperazine rings is 1. The smallest absolute Gasteiger partial charge is 0.241 e. The van der Waals surface area contributed by atoms with Gasteiger partial charge in [-0.25, -0.2) is 0 Å². The number of nitrogens with zero attached hydrogens (tertiary/aromatic N) is 3. The zero-order chi connectivity index (χ0) is 16.9. The van der Waals surface area contributed by atoms with Crippen molar-refractivity contribution in [2.45, 2.75) is 32.4 Å². The summed E-state index contributed by atoms with van der Waals surface area (Å²) in [6.45, 7) is 9.26. The van der Waals surface area contributed by atoms with Crippen LogP contribution in [0.3, 0.4) is 0 Å². The van der Waals surface area contributed by atoms with E-state index in [1.165, 1.54) is 31.5 Å². The second kappa shape index (κ2) is 8.10. The van der Waals surface area contributed by atoms with Crippen LogP contribution in [0.5, 0.6) is 0 Å². The minimum atomic E-state index is -0.0847. The zero-order valence-corrected chi connectivity index (χ0v) is 15.0. The first-order valence-corrected chi connectivity index (χ1v) is 9.17. The van der Waals surface area contributed by atoms with Gasteiger partial charge in [0.1, 0.15) is 0 Å². The van der Waals surface area contributed by atoms with Crippen LogP contribution in [0.1, 0.15) is 25.3 Å². The average Bonchev–Trinajstić information content (AvgIpc) is 3.10. The number of para-hydroxylation sites is 1. The summed E-state index contributed by atoms with van der Waals surface area (Å²) in [6.07, 6.45) is 2.57. The highest BCUT2D eigenvalue weighted by atomic mass is 16.2. The number of benzene rings is 1. The molecule has 3 rings (SSSR count). The maximum atomic E-state index is 12.7. The number of amides is 1. The molecule has 2 aliphatic rings. The molecule has 0 saturated carbocycles. The molecule has 2 saturated heterocycles. The molecule has 0 spiro atoms. The third kappa shape index (κ3) is 4.35. The lowest BCUT2D eigenvalue weighted by atomic mass is 10.1. The highest BCUT2D eigenvalue weighted by molar-refractivity contribution is 5.95. The Hall–Kier alpha value is -1.43. The van der Waals surface area contributed by atoms with Gasteiger partial charge in [0, 0.05) is 38.4 Å². The number of hydrogen-bond acceptors (Lipinski definition) is 4. The van der Waals surface area contributed by atoms with Gasteiger partial charge in [-0.2, -0.15) is 0 Å². The number of likely N-dealkylation sites (N-methyl/N-ethyl adjacent to an activating group) is 1. The fraction of sp³-hybridized carbons (Fsp3) is 0.632. The Morgan fingerprint density at radius 3 is 2.46 bits per heavy atom. The largest absolute Gasteiger partial charge is 0.324 e. The molecule has 0 bridgehead atoms. The summed E-state index contributed by atoms with van der Waals surface area (Å²) in [7, 11) is 2.14.